The minimum Gasteiger partial charge on any atom is -0.438 e. The van der Waals surface area contributed by atoms with Crippen LogP contribution in [0.4, 0.5) is 0 Å². The Labute approximate surface area is 153 Å². The lowest BCUT2D eigenvalue weighted by Crippen LogP contribution is -2.31. The summed E-state index contributed by atoms with van der Waals surface area (Å²) in [5.41, 5.74) is 5.17. The van der Waals surface area contributed by atoms with Crippen molar-refractivity contribution >= 4 is 18.3 Å². The zero-order valence-electron chi connectivity index (χ0n) is 15.8. The second-order valence-corrected chi connectivity index (χ2v) is 5.12. The highest BCUT2D eigenvalue weighted by molar-refractivity contribution is 5.92. The molecule has 0 aliphatic carbocycles. The first-order valence-corrected chi connectivity index (χ1v) is 8.24. The van der Waals surface area contributed by atoms with Gasteiger partial charge < -0.3 is 30.7 Å². The maximum Gasteiger partial charge on any atom is 0.321 e. The molecule has 1 fully saturated rings. The SMILES string of the molecule is CCC.CNC(=O)/C(C)=C\N(C=O)C1CC[C@@H](O)O1.NCC(=O)OCO. The summed E-state index contributed by atoms with van der Waals surface area (Å²) >= 11 is 0. The van der Waals surface area contributed by atoms with E-state index in [1.807, 2.05) is 0 Å². The van der Waals surface area contributed by atoms with Gasteiger partial charge in [-0.05, 0) is 13.3 Å². The molecular formula is C16H31N3O7. The van der Waals surface area contributed by atoms with Crippen molar-refractivity contribution in [3.05, 3.63) is 11.8 Å². The summed E-state index contributed by atoms with van der Waals surface area (Å²) < 4.78 is 9.09. The number of nitrogens with one attached hydrogen (secondary N) is 1. The third-order valence-corrected chi connectivity index (χ3v) is 2.75. The second-order valence-electron chi connectivity index (χ2n) is 5.12. The fourth-order valence-electron chi connectivity index (χ4n) is 1.61. The van der Waals surface area contributed by atoms with E-state index in [0.29, 0.717) is 24.8 Å². The van der Waals surface area contributed by atoms with Gasteiger partial charge in [-0.2, -0.15) is 0 Å². The number of aliphatic hydroxyl groups excluding tert-OH is 2. The minimum absolute atomic E-state index is 0.180. The van der Waals surface area contributed by atoms with Crippen molar-refractivity contribution in [2.24, 2.45) is 5.73 Å². The summed E-state index contributed by atoms with van der Waals surface area (Å²) in [7, 11) is 1.51. The van der Waals surface area contributed by atoms with Crippen LogP contribution in [0.1, 0.15) is 40.0 Å². The van der Waals surface area contributed by atoms with Crippen LogP contribution >= 0.6 is 0 Å². The molecule has 0 aromatic rings. The molecule has 10 nitrogen and oxygen atoms in total. The predicted molar refractivity (Wildman–Crippen MR) is 94.0 cm³/mol. The summed E-state index contributed by atoms with van der Waals surface area (Å²) in [6, 6.07) is 0. The number of nitrogens with zero attached hydrogens (tertiary/aromatic N) is 1. The zero-order chi connectivity index (χ0) is 20.5. The molecule has 1 aliphatic heterocycles. The third-order valence-electron chi connectivity index (χ3n) is 2.75. The van der Waals surface area contributed by atoms with E-state index in [0.717, 1.165) is 0 Å². The Hall–Kier alpha value is -2.01. The minimum atomic E-state index is -0.832. The molecule has 10 heteroatoms. The van der Waals surface area contributed by atoms with Crippen LogP contribution in [0.25, 0.3) is 0 Å². The molecular weight excluding hydrogens is 346 g/mol. The van der Waals surface area contributed by atoms with Gasteiger partial charge in [0.15, 0.2) is 13.1 Å². The lowest BCUT2D eigenvalue weighted by atomic mass is 10.2. The number of likely N-dealkylation sites (N-methyl/N-ethyl adjacent to an activating group) is 1. The van der Waals surface area contributed by atoms with E-state index in [-0.39, 0.29) is 12.5 Å². The van der Waals surface area contributed by atoms with Gasteiger partial charge in [-0.25, -0.2) is 0 Å². The highest BCUT2D eigenvalue weighted by atomic mass is 16.6. The Morgan fingerprint density at radius 1 is 1.38 bits per heavy atom. The van der Waals surface area contributed by atoms with Crippen molar-refractivity contribution in [3.63, 3.8) is 0 Å². The Bertz CT molecular complexity index is 444. The molecule has 152 valence electrons. The standard InChI is InChI=1S/C10H16N2O4.C3H7NO3.C3H8/c1-7(10(15)11-2)5-12(6-13)8-3-4-9(14)16-8;4-1-3(6)7-2-5;1-3-2/h5-6,8-9,14H,3-4H2,1-2H3,(H,11,15);5H,1-2,4H2;3H2,1-2H3/b7-5-;;/t8?,9-;;/m0../s1. The van der Waals surface area contributed by atoms with Gasteiger partial charge in [0.05, 0.1) is 6.54 Å². The topological polar surface area (TPSA) is 151 Å². The summed E-state index contributed by atoms with van der Waals surface area (Å²) in [4.78, 5) is 33.2. The van der Waals surface area contributed by atoms with Gasteiger partial charge in [-0.3, -0.25) is 19.3 Å². The first-order chi connectivity index (χ1) is 12.3. The molecule has 26 heavy (non-hydrogen) atoms. The van der Waals surface area contributed by atoms with Crippen LogP contribution in [-0.4, -0.2) is 66.3 Å². The first-order valence-electron chi connectivity index (χ1n) is 8.24. The van der Waals surface area contributed by atoms with E-state index < -0.39 is 25.3 Å². The van der Waals surface area contributed by atoms with Crippen molar-refractivity contribution in [2.75, 3.05) is 20.4 Å². The Morgan fingerprint density at radius 2 is 1.96 bits per heavy atom. The number of aliphatic hydroxyl groups is 2. The van der Waals surface area contributed by atoms with Crippen LogP contribution in [0.15, 0.2) is 11.8 Å². The van der Waals surface area contributed by atoms with Crippen LogP contribution in [0.2, 0.25) is 0 Å². The molecule has 5 N–H and O–H groups in total. The van der Waals surface area contributed by atoms with Gasteiger partial charge in [0.25, 0.3) is 0 Å². The monoisotopic (exact) mass is 377 g/mol. The van der Waals surface area contributed by atoms with Crippen LogP contribution in [0.3, 0.4) is 0 Å². The number of rotatable bonds is 6. The summed E-state index contributed by atoms with van der Waals surface area (Å²) in [5, 5.41) is 19.5. The fourth-order valence-corrected chi connectivity index (χ4v) is 1.61. The van der Waals surface area contributed by atoms with E-state index in [1.54, 1.807) is 6.92 Å². The van der Waals surface area contributed by atoms with E-state index >= 15 is 0 Å². The number of esters is 1. The van der Waals surface area contributed by atoms with Crippen molar-refractivity contribution in [1.82, 2.24) is 10.2 Å². The molecule has 1 heterocycles. The number of carbonyl (C=O) groups is 3. The van der Waals surface area contributed by atoms with Crippen molar-refractivity contribution < 1.29 is 34.1 Å². The average Bonchev–Trinajstić information content (AvgIpc) is 3.06. The van der Waals surface area contributed by atoms with Gasteiger partial charge >= 0.3 is 5.97 Å². The molecule has 1 rings (SSSR count). The lowest BCUT2D eigenvalue weighted by molar-refractivity contribution is -0.150. The Balaban J connectivity index is 0. The molecule has 1 aliphatic rings. The van der Waals surface area contributed by atoms with E-state index in [4.69, 9.17) is 20.7 Å². The molecule has 0 radical (unpaired) electrons. The van der Waals surface area contributed by atoms with Crippen molar-refractivity contribution in [1.29, 1.82) is 0 Å². The highest BCUT2D eigenvalue weighted by Gasteiger charge is 2.27. The molecule has 0 aromatic carbocycles. The van der Waals surface area contributed by atoms with E-state index in [2.05, 4.69) is 23.9 Å². The first kappa shape index (κ1) is 26.2. The molecule has 1 unspecified atom stereocenters. The molecule has 2 atom stereocenters. The highest BCUT2D eigenvalue weighted by Crippen LogP contribution is 2.20. The van der Waals surface area contributed by atoms with Gasteiger partial charge in [0.2, 0.25) is 12.3 Å². The van der Waals surface area contributed by atoms with E-state index in [1.165, 1.54) is 24.6 Å². The molecule has 0 aromatic heterocycles. The average molecular weight is 377 g/mol. The normalized spacial score (nSPS) is 18.5. The number of amides is 2. The third kappa shape index (κ3) is 12.4. The second kappa shape index (κ2) is 16.5. The van der Waals surface area contributed by atoms with Crippen LogP contribution in [-0.2, 0) is 23.9 Å². The maximum absolute atomic E-state index is 11.2. The summed E-state index contributed by atoms with van der Waals surface area (Å²) in [6.45, 7) is 5.08. The van der Waals surface area contributed by atoms with Gasteiger partial charge in [-0.1, -0.05) is 20.3 Å². The molecule has 2 amide bonds. The molecule has 0 saturated carbocycles. The van der Waals surface area contributed by atoms with Gasteiger partial charge in [0.1, 0.15) is 6.23 Å². The van der Waals surface area contributed by atoms with Crippen LogP contribution in [0.5, 0.6) is 0 Å². The number of hydrogen-bond donors (Lipinski definition) is 4. The molecule has 1 saturated heterocycles. The Kier molecular flexibility index (Phi) is 16.6. The zero-order valence-corrected chi connectivity index (χ0v) is 15.8. The van der Waals surface area contributed by atoms with Gasteiger partial charge in [-0.15, -0.1) is 0 Å². The van der Waals surface area contributed by atoms with E-state index in [9.17, 15) is 14.4 Å². The number of hydrogen-bond acceptors (Lipinski definition) is 8. The van der Waals surface area contributed by atoms with Crippen molar-refractivity contribution in [3.8, 4) is 0 Å². The smallest absolute Gasteiger partial charge is 0.321 e. The molecule has 0 spiro atoms. The summed E-state index contributed by atoms with van der Waals surface area (Å²) in [6.07, 6.45) is 2.96. The molecule has 0 bridgehead atoms. The van der Waals surface area contributed by atoms with Crippen LogP contribution < -0.4 is 11.1 Å². The van der Waals surface area contributed by atoms with Crippen LogP contribution in [0, 0.1) is 0 Å². The number of carbonyl (C=O) groups excluding carboxylic acids is 3. The maximum atomic E-state index is 11.2. The lowest BCUT2D eigenvalue weighted by Gasteiger charge is -2.20. The Morgan fingerprint density at radius 3 is 2.27 bits per heavy atom. The summed E-state index contributed by atoms with van der Waals surface area (Å²) in [5.74, 6) is -0.854. The fraction of sp³-hybridized carbons (Fsp3) is 0.688. The largest absolute Gasteiger partial charge is 0.438 e. The van der Waals surface area contributed by atoms with Crippen molar-refractivity contribution in [2.45, 2.75) is 52.6 Å². The quantitative estimate of drug-likeness (QED) is 0.207. The van der Waals surface area contributed by atoms with Gasteiger partial charge in [0, 0.05) is 25.2 Å². The predicted octanol–water partition coefficient (Wildman–Crippen LogP) is -0.596. The number of ether oxygens (including phenoxy) is 2. The number of nitrogens with two attached hydrogens (primary N) is 1.